The summed E-state index contributed by atoms with van der Waals surface area (Å²) in [6, 6.07) is 0. The third-order valence-electron chi connectivity index (χ3n) is 2.87. The van der Waals surface area contributed by atoms with E-state index in [0.717, 1.165) is 0 Å². The zero-order chi connectivity index (χ0) is 10.9. The molecular weight excluding hydrogens is 157 g/mol. The largest absolute Gasteiger partial charge is 0.345 e. The fourth-order valence-corrected chi connectivity index (χ4v) is 0.783. The van der Waals surface area contributed by atoms with Crippen molar-refractivity contribution in [3.05, 3.63) is 0 Å². The molecule has 0 aromatic heterocycles. The predicted molar refractivity (Wildman–Crippen MR) is 62.1 cm³/mol. The molecule has 1 nitrogen and oxygen atoms in total. The molecule has 0 amide bonds. The Hall–Kier alpha value is 0.0249. The van der Waals surface area contributed by atoms with Gasteiger partial charge in [0.1, 0.15) is 0 Å². The minimum Gasteiger partial charge on any atom is -0.345 e. The Morgan fingerprint density at radius 1 is 1.00 bits per heavy atom. The second kappa shape index (κ2) is 4.04. The van der Waals surface area contributed by atoms with E-state index in [1.807, 2.05) is 0 Å². The fraction of sp³-hybridized carbons (Fsp3) is 1.00. The highest BCUT2D eigenvalue weighted by molar-refractivity contribution is 6.34. The average molecular weight is 182 g/mol. The zero-order valence-electron chi connectivity index (χ0n) is 10.6. The molecule has 0 fully saturated rings. The van der Waals surface area contributed by atoms with Gasteiger partial charge in [0.25, 0.3) is 0 Å². The van der Waals surface area contributed by atoms with E-state index in [9.17, 15) is 0 Å². The smallest absolute Gasteiger partial charge is 0.212 e. The van der Waals surface area contributed by atoms with E-state index >= 15 is 0 Å². The van der Waals surface area contributed by atoms with E-state index < -0.39 is 0 Å². The first-order chi connectivity index (χ1) is 5.55. The highest BCUT2D eigenvalue weighted by Crippen LogP contribution is 2.31. The normalized spacial score (nSPS) is 16.1. The maximum atomic E-state index is 2.33. The van der Waals surface area contributed by atoms with E-state index in [2.05, 4.69) is 67.7 Å². The van der Waals surface area contributed by atoms with Gasteiger partial charge in [-0.3, -0.25) is 0 Å². The van der Waals surface area contributed by atoms with Crippen molar-refractivity contribution in [3.63, 3.8) is 0 Å². The van der Waals surface area contributed by atoms with Gasteiger partial charge in [-0.2, -0.15) is 0 Å². The van der Waals surface area contributed by atoms with Crippen LogP contribution in [0.3, 0.4) is 0 Å². The van der Waals surface area contributed by atoms with E-state index in [4.69, 9.17) is 0 Å². The Morgan fingerprint density at radius 2 is 1.38 bits per heavy atom. The van der Waals surface area contributed by atoms with E-state index in [-0.39, 0.29) is 5.54 Å². The number of nitrogens with zero attached hydrogens (tertiary/aromatic N) is 1. The van der Waals surface area contributed by atoms with Gasteiger partial charge in [-0.1, -0.05) is 33.5 Å². The third-order valence-corrected chi connectivity index (χ3v) is 2.87. The van der Waals surface area contributed by atoms with Crippen LogP contribution in [0.5, 0.6) is 0 Å². The Labute approximate surface area is 85.2 Å². The summed E-state index contributed by atoms with van der Waals surface area (Å²) in [4.78, 5) is 2.31. The molecule has 0 N–H and O–H groups in total. The summed E-state index contributed by atoms with van der Waals surface area (Å²) >= 11 is 0. The van der Waals surface area contributed by atoms with Gasteiger partial charge in [-0.15, -0.1) is 0 Å². The van der Waals surface area contributed by atoms with Gasteiger partial charge in [-0.05, 0) is 33.2 Å². The Balaban J connectivity index is 4.15. The monoisotopic (exact) mass is 182 g/mol. The van der Waals surface area contributed by atoms with Crippen LogP contribution in [-0.4, -0.2) is 24.8 Å². The molecule has 1 radical (unpaired) electrons. The molecular formula is C11H25BN. The second-order valence-electron chi connectivity index (χ2n) is 6.09. The zero-order valence-corrected chi connectivity index (χ0v) is 10.6. The molecule has 0 heterocycles. The van der Waals surface area contributed by atoms with Crippen LogP contribution < -0.4 is 0 Å². The first kappa shape index (κ1) is 13.0. The molecule has 1 unspecified atom stereocenters. The van der Waals surface area contributed by atoms with Crippen molar-refractivity contribution in [1.82, 2.24) is 4.81 Å². The molecule has 1 atom stereocenters. The lowest BCUT2D eigenvalue weighted by molar-refractivity contribution is 0.282. The molecule has 0 spiro atoms. The average Bonchev–Trinajstić information content (AvgIpc) is 1.82. The summed E-state index contributed by atoms with van der Waals surface area (Å²) in [5.41, 5.74) is 0.596. The summed E-state index contributed by atoms with van der Waals surface area (Å²) in [5, 5.41) is 0. The number of hydrogen-bond donors (Lipinski definition) is 0. The molecule has 0 saturated heterocycles. The third kappa shape index (κ3) is 4.71. The molecule has 0 aromatic carbocycles. The molecule has 0 aliphatic carbocycles. The minimum absolute atomic E-state index is 0.236. The molecule has 0 bridgehead atoms. The van der Waals surface area contributed by atoms with Crippen LogP contribution in [0.2, 0.25) is 5.82 Å². The molecule has 0 saturated carbocycles. The van der Waals surface area contributed by atoms with Gasteiger partial charge in [0.05, 0.1) is 0 Å². The van der Waals surface area contributed by atoms with Crippen LogP contribution in [0.25, 0.3) is 0 Å². The molecule has 0 aromatic rings. The van der Waals surface area contributed by atoms with Crippen molar-refractivity contribution < 1.29 is 0 Å². The van der Waals surface area contributed by atoms with E-state index in [1.54, 1.807) is 0 Å². The number of rotatable bonds is 2. The summed E-state index contributed by atoms with van der Waals surface area (Å²) < 4.78 is 0. The summed E-state index contributed by atoms with van der Waals surface area (Å²) in [6.45, 7) is 15.8. The van der Waals surface area contributed by atoms with Crippen molar-refractivity contribution in [2.24, 2.45) is 5.41 Å². The van der Waals surface area contributed by atoms with E-state index in [1.165, 1.54) is 0 Å². The first-order valence-corrected chi connectivity index (χ1v) is 5.13. The summed E-state index contributed by atoms with van der Waals surface area (Å²) in [5.74, 6) is 0.608. The molecule has 0 rings (SSSR count). The van der Waals surface area contributed by atoms with Crippen LogP contribution in [-0.2, 0) is 0 Å². The van der Waals surface area contributed by atoms with Crippen molar-refractivity contribution in [2.45, 2.75) is 59.8 Å². The highest BCUT2D eigenvalue weighted by atomic mass is 15.1. The second-order valence-corrected chi connectivity index (χ2v) is 6.09. The van der Waals surface area contributed by atoms with Crippen LogP contribution in [0, 0.1) is 5.41 Å². The molecule has 13 heavy (non-hydrogen) atoms. The van der Waals surface area contributed by atoms with Crippen LogP contribution in [0.4, 0.5) is 0 Å². The van der Waals surface area contributed by atoms with Crippen molar-refractivity contribution >= 4 is 7.41 Å². The van der Waals surface area contributed by atoms with Gasteiger partial charge < -0.3 is 4.81 Å². The topological polar surface area (TPSA) is 3.24 Å². The maximum Gasteiger partial charge on any atom is 0.212 e. The van der Waals surface area contributed by atoms with Crippen molar-refractivity contribution in [3.8, 4) is 0 Å². The van der Waals surface area contributed by atoms with Gasteiger partial charge in [-0.25, -0.2) is 0 Å². The van der Waals surface area contributed by atoms with Gasteiger partial charge in [0.15, 0.2) is 0 Å². The first-order valence-electron chi connectivity index (χ1n) is 5.13. The maximum absolute atomic E-state index is 2.33. The Bertz CT molecular complexity index is 134. The van der Waals surface area contributed by atoms with Crippen LogP contribution in [0.1, 0.15) is 48.5 Å². The molecule has 77 valence electrons. The quantitative estimate of drug-likeness (QED) is 0.593. The minimum atomic E-state index is 0.236. The highest BCUT2D eigenvalue weighted by Gasteiger charge is 2.26. The van der Waals surface area contributed by atoms with Crippen LogP contribution in [0.15, 0.2) is 0 Å². The molecule has 0 aliphatic heterocycles. The van der Waals surface area contributed by atoms with Crippen LogP contribution >= 0.6 is 0 Å². The lowest BCUT2D eigenvalue weighted by Gasteiger charge is -2.37. The van der Waals surface area contributed by atoms with Crippen molar-refractivity contribution in [1.29, 1.82) is 0 Å². The van der Waals surface area contributed by atoms with Gasteiger partial charge in [0, 0.05) is 5.54 Å². The fourth-order valence-electron chi connectivity index (χ4n) is 0.783. The Kier molecular flexibility index (Phi) is 4.05. The SMILES string of the molecule is CC([B]N(C)C(C)(C)C)C(C)(C)C. The summed E-state index contributed by atoms with van der Waals surface area (Å²) in [7, 11) is 4.49. The van der Waals surface area contributed by atoms with Gasteiger partial charge in [0.2, 0.25) is 7.41 Å². The predicted octanol–water partition coefficient (Wildman–Crippen LogP) is 3.19. The number of hydrogen-bond acceptors (Lipinski definition) is 1. The standard InChI is InChI=1S/C11H25BN/c1-9(10(2,3)4)12-13(8)11(5,6)7/h9H,1-8H3. The van der Waals surface area contributed by atoms with E-state index in [0.29, 0.717) is 11.2 Å². The van der Waals surface area contributed by atoms with Gasteiger partial charge >= 0.3 is 0 Å². The Morgan fingerprint density at radius 3 is 1.62 bits per heavy atom. The molecule has 0 aliphatic rings. The molecule has 2 heteroatoms. The summed E-state index contributed by atoms with van der Waals surface area (Å²) in [6.07, 6.45) is 0. The lowest BCUT2D eigenvalue weighted by Crippen LogP contribution is -2.43. The van der Waals surface area contributed by atoms with Crippen molar-refractivity contribution in [2.75, 3.05) is 7.05 Å². The lowest BCUT2D eigenvalue weighted by atomic mass is 9.61.